The van der Waals surface area contributed by atoms with Crippen molar-refractivity contribution < 1.29 is 8.78 Å². The third kappa shape index (κ3) is 3.44. The number of hydrogen-bond acceptors (Lipinski definition) is 1. The van der Waals surface area contributed by atoms with E-state index in [1.165, 1.54) is 6.07 Å². The molecule has 0 aliphatic heterocycles. The van der Waals surface area contributed by atoms with Crippen molar-refractivity contribution in [2.75, 3.05) is 5.32 Å². The Kier molecular flexibility index (Phi) is 4.38. The van der Waals surface area contributed by atoms with Crippen LogP contribution in [0, 0.1) is 11.6 Å². The van der Waals surface area contributed by atoms with Crippen LogP contribution in [-0.2, 0) is 6.54 Å². The second-order valence-electron chi connectivity index (χ2n) is 4.31. The Balaban J connectivity index is 2.12. The van der Waals surface area contributed by atoms with Gasteiger partial charge in [0.2, 0.25) is 0 Å². The number of alkyl halides is 1. The zero-order chi connectivity index (χ0) is 13.8. The molecule has 4 heteroatoms. The van der Waals surface area contributed by atoms with Crippen molar-refractivity contribution in [3.05, 3.63) is 65.2 Å². The van der Waals surface area contributed by atoms with Crippen LogP contribution in [0.3, 0.4) is 0 Å². The Labute approximate surface area is 116 Å². The predicted molar refractivity (Wildman–Crippen MR) is 74.4 cm³/mol. The van der Waals surface area contributed by atoms with Gasteiger partial charge >= 0.3 is 0 Å². The van der Waals surface area contributed by atoms with Gasteiger partial charge in [-0.3, -0.25) is 0 Å². The van der Waals surface area contributed by atoms with Gasteiger partial charge in [0.15, 0.2) is 11.6 Å². The van der Waals surface area contributed by atoms with Gasteiger partial charge in [-0.2, -0.15) is 0 Å². The quantitative estimate of drug-likeness (QED) is 0.788. The molecule has 0 aliphatic rings. The zero-order valence-corrected chi connectivity index (χ0v) is 11.2. The van der Waals surface area contributed by atoms with Crippen LogP contribution in [0.2, 0.25) is 0 Å². The molecule has 1 N–H and O–H groups in total. The van der Waals surface area contributed by atoms with Crippen LogP contribution in [0.15, 0.2) is 42.5 Å². The van der Waals surface area contributed by atoms with Crippen molar-refractivity contribution in [3.8, 4) is 0 Å². The average Bonchev–Trinajstić information content (AvgIpc) is 2.40. The van der Waals surface area contributed by atoms with Crippen molar-refractivity contribution in [2.24, 2.45) is 0 Å². The molecule has 0 aliphatic carbocycles. The molecule has 0 saturated heterocycles. The average molecular weight is 282 g/mol. The standard InChI is InChI=1S/C15H14ClF2N/c1-10(16)12-4-2-3-5-15(12)19-9-11-6-7-13(17)14(18)8-11/h2-8,10,19H,9H2,1H3. The predicted octanol–water partition coefficient (Wildman–Crippen LogP) is 4.88. The highest BCUT2D eigenvalue weighted by molar-refractivity contribution is 6.21. The maximum atomic E-state index is 13.1. The number of rotatable bonds is 4. The SMILES string of the molecule is CC(Cl)c1ccccc1NCc1ccc(F)c(F)c1. The summed E-state index contributed by atoms with van der Waals surface area (Å²) in [4.78, 5) is 0. The van der Waals surface area contributed by atoms with Crippen LogP contribution in [0.1, 0.15) is 23.4 Å². The molecule has 0 aromatic heterocycles. The highest BCUT2D eigenvalue weighted by atomic mass is 35.5. The van der Waals surface area contributed by atoms with Crippen molar-refractivity contribution in [1.82, 2.24) is 0 Å². The van der Waals surface area contributed by atoms with Crippen molar-refractivity contribution in [3.63, 3.8) is 0 Å². The lowest BCUT2D eigenvalue weighted by Crippen LogP contribution is -2.03. The van der Waals surface area contributed by atoms with E-state index in [0.717, 1.165) is 17.3 Å². The molecular formula is C15H14ClF2N. The first-order chi connectivity index (χ1) is 9.08. The van der Waals surface area contributed by atoms with E-state index in [2.05, 4.69) is 5.32 Å². The van der Waals surface area contributed by atoms with Gasteiger partial charge in [-0.15, -0.1) is 11.6 Å². The Morgan fingerprint density at radius 1 is 1.11 bits per heavy atom. The number of halogens is 3. The summed E-state index contributed by atoms with van der Waals surface area (Å²) in [5, 5.41) is 3.07. The number of anilines is 1. The van der Waals surface area contributed by atoms with Gasteiger partial charge in [-0.1, -0.05) is 24.3 Å². The first kappa shape index (κ1) is 13.8. The highest BCUT2D eigenvalue weighted by Gasteiger charge is 2.07. The third-order valence-electron chi connectivity index (χ3n) is 2.86. The fraction of sp³-hybridized carbons (Fsp3) is 0.200. The minimum atomic E-state index is -0.835. The number of para-hydroxylation sites is 1. The van der Waals surface area contributed by atoms with Gasteiger partial charge in [0.05, 0.1) is 5.38 Å². The summed E-state index contributed by atoms with van der Waals surface area (Å²) in [6, 6.07) is 11.5. The molecule has 100 valence electrons. The lowest BCUT2D eigenvalue weighted by molar-refractivity contribution is 0.507. The largest absolute Gasteiger partial charge is 0.381 e. The van der Waals surface area contributed by atoms with E-state index in [4.69, 9.17) is 11.6 Å². The summed E-state index contributed by atoms with van der Waals surface area (Å²) in [5.41, 5.74) is 2.55. The smallest absolute Gasteiger partial charge is 0.159 e. The molecule has 2 aromatic carbocycles. The first-order valence-corrected chi connectivity index (χ1v) is 6.42. The fourth-order valence-electron chi connectivity index (χ4n) is 1.85. The summed E-state index contributed by atoms with van der Waals surface area (Å²) in [7, 11) is 0. The molecule has 0 bridgehead atoms. The second-order valence-corrected chi connectivity index (χ2v) is 4.96. The van der Waals surface area contributed by atoms with E-state index in [1.54, 1.807) is 6.07 Å². The molecule has 0 amide bonds. The van der Waals surface area contributed by atoms with E-state index in [-0.39, 0.29) is 5.38 Å². The van der Waals surface area contributed by atoms with Crippen molar-refractivity contribution >= 4 is 17.3 Å². The normalized spacial score (nSPS) is 12.2. The lowest BCUT2D eigenvalue weighted by Gasteiger charge is -2.13. The Bertz CT molecular complexity index is 570. The zero-order valence-electron chi connectivity index (χ0n) is 10.5. The monoisotopic (exact) mass is 281 g/mol. The van der Waals surface area contributed by atoms with Gasteiger partial charge in [0.1, 0.15) is 0 Å². The molecule has 0 radical (unpaired) electrons. The molecule has 2 rings (SSSR count). The second kappa shape index (κ2) is 6.02. The molecule has 2 aromatic rings. The third-order valence-corrected chi connectivity index (χ3v) is 3.09. The van der Waals surface area contributed by atoms with Crippen LogP contribution in [0.5, 0.6) is 0 Å². The van der Waals surface area contributed by atoms with Gasteiger partial charge < -0.3 is 5.32 Å². The molecule has 0 fully saturated rings. The topological polar surface area (TPSA) is 12.0 Å². The summed E-state index contributed by atoms with van der Waals surface area (Å²) in [6.07, 6.45) is 0. The minimum absolute atomic E-state index is 0.117. The van der Waals surface area contributed by atoms with E-state index in [9.17, 15) is 8.78 Å². The Hall–Kier alpha value is -1.61. The maximum Gasteiger partial charge on any atom is 0.159 e. The summed E-state index contributed by atoms with van der Waals surface area (Å²) < 4.78 is 25.9. The maximum absolute atomic E-state index is 13.1. The van der Waals surface area contributed by atoms with E-state index < -0.39 is 11.6 Å². The van der Waals surface area contributed by atoms with Crippen molar-refractivity contribution in [2.45, 2.75) is 18.8 Å². The molecule has 0 saturated carbocycles. The first-order valence-electron chi connectivity index (χ1n) is 5.98. The molecule has 1 atom stereocenters. The van der Waals surface area contributed by atoms with Crippen LogP contribution < -0.4 is 5.32 Å². The van der Waals surface area contributed by atoms with E-state index in [0.29, 0.717) is 12.1 Å². The minimum Gasteiger partial charge on any atom is -0.381 e. The van der Waals surface area contributed by atoms with Gasteiger partial charge in [0, 0.05) is 12.2 Å². The van der Waals surface area contributed by atoms with E-state index in [1.807, 2.05) is 31.2 Å². The molecular weight excluding hydrogens is 268 g/mol. The number of benzene rings is 2. The molecule has 0 spiro atoms. The molecule has 0 heterocycles. The van der Waals surface area contributed by atoms with Crippen LogP contribution in [-0.4, -0.2) is 0 Å². The van der Waals surface area contributed by atoms with E-state index >= 15 is 0 Å². The van der Waals surface area contributed by atoms with Crippen LogP contribution in [0.4, 0.5) is 14.5 Å². The summed E-state index contributed by atoms with van der Waals surface area (Å²) in [6.45, 7) is 2.30. The Morgan fingerprint density at radius 3 is 2.53 bits per heavy atom. The van der Waals surface area contributed by atoms with Crippen molar-refractivity contribution in [1.29, 1.82) is 0 Å². The van der Waals surface area contributed by atoms with Crippen LogP contribution in [0.25, 0.3) is 0 Å². The lowest BCUT2D eigenvalue weighted by atomic mass is 10.1. The van der Waals surface area contributed by atoms with Gasteiger partial charge in [0.25, 0.3) is 0 Å². The number of nitrogens with one attached hydrogen (secondary N) is 1. The molecule has 1 unspecified atom stereocenters. The Morgan fingerprint density at radius 2 is 1.84 bits per heavy atom. The summed E-state index contributed by atoms with van der Waals surface area (Å²) in [5.74, 6) is -1.67. The number of hydrogen-bond donors (Lipinski definition) is 1. The summed E-state index contributed by atoms with van der Waals surface area (Å²) >= 11 is 6.09. The van der Waals surface area contributed by atoms with Gasteiger partial charge in [-0.25, -0.2) is 8.78 Å². The molecule has 19 heavy (non-hydrogen) atoms. The van der Waals surface area contributed by atoms with Crippen LogP contribution >= 0.6 is 11.6 Å². The fourth-order valence-corrected chi connectivity index (χ4v) is 2.04. The highest BCUT2D eigenvalue weighted by Crippen LogP contribution is 2.27. The molecule has 1 nitrogen and oxygen atoms in total. The van der Waals surface area contributed by atoms with Gasteiger partial charge in [-0.05, 0) is 36.2 Å².